The van der Waals surface area contributed by atoms with Crippen LogP contribution in [-0.4, -0.2) is 25.2 Å². The number of ether oxygens (including phenoxy) is 2. The second-order valence-corrected chi connectivity index (χ2v) is 6.04. The Labute approximate surface area is 152 Å². The Morgan fingerprint density at radius 1 is 0.680 bits per heavy atom. The van der Waals surface area contributed by atoms with E-state index in [4.69, 9.17) is 9.47 Å². The van der Waals surface area contributed by atoms with Gasteiger partial charge in [0.2, 0.25) is 0 Å². The van der Waals surface area contributed by atoms with Crippen molar-refractivity contribution in [2.24, 2.45) is 0 Å². The molecule has 0 unspecified atom stereocenters. The van der Waals surface area contributed by atoms with Crippen molar-refractivity contribution in [3.63, 3.8) is 0 Å². The van der Waals surface area contributed by atoms with Crippen LogP contribution in [0.15, 0.2) is 49.6 Å². The zero-order chi connectivity index (χ0) is 18.9. The monoisotopic (exact) mass is 348 g/mol. The van der Waals surface area contributed by atoms with Gasteiger partial charge in [0.05, 0.1) is 13.2 Å². The van der Waals surface area contributed by atoms with Crippen molar-refractivity contribution >= 4 is 11.9 Å². The zero-order valence-electron chi connectivity index (χ0n) is 15.4. The fourth-order valence-electron chi connectivity index (χ4n) is 2.30. The van der Waals surface area contributed by atoms with Crippen molar-refractivity contribution in [2.75, 3.05) is 13.2 Å². The third-order valence-electron chi connectivity index (χ3n) is 3.67. The summed E-state index contributed by atoms with van der Waals surface area (Å²) in [5.41, 5.74) is 2.40. The van der Waals surface area contributed by atoms with Gasteiger partial charge < -0.3 is 9.47 Å². The van der Waals surface area contributed by atoms with Crippen LogP contribution in [0.4, 0.5) is 0 Å². The second-order valence-electron chi connectivity index (χ2n) is 6.04. The first-order valence-electron chi connectivity index (χ1n) is 8.91. The maximum Gasteiger partial charge on any atom is 0.330 e. The highest BCUT2D eigenvalue weighted by atomic mass is 16.5. The van der Waals surface area contributed by atoms with Gasteiger partial charge >= 0.3 is 11.9 Å². The van der Waals surface area contributed by atoms with E-state index in [0.717, 1.165) is 57.8 Å². The quantitative estimate of drug-likeness (QED) is 0.169. The molecule has 0 fully saturated rings. The van der Waals surface area contributed by atoms with E-state index in [1.807, 2.05) is 0 Å². The highest BCUT2D eigenvalue weighted by Gasteiger charge is 2.01. The fourth-order valence-corrected chi connectivity index (χ4v) is 2.30. The molecule has 0 spiro atoms. The Kier molecular flexibility index (Phi) is 14.1. The first-order valence-corrected chi connectivity index (χ1v) is 8.91. The van der Waals surface area contributed by atoms with E-state index >= 15 is 0 Å². The summed E-state index contributed by atoms with van der Waals surface area (Å²) in [7, 11) is 0. The fraction of sp³-hybridized carbons (Fsp3) is 0.524. The molecule has 4 heteroatoms. The third-order valence-corrected chi connectivity index (χ3v) is 3.67. The molecule has 0 aliphatic heterocycles. The summed E-state index contributed by atoms with van der Waals surface area (Å²) in [6.45, 7) is 15.8. The molecule has 0 saturated heterocycles. The van der Waals surface area contributed by atoms with E-state index in [2.05, 4.69) is 26.3 Å². The van der Waals surface area contributed by atoms with Gasteiger partial charge in [-0.25, -0.2) is 9.59 Å². The van der Waals surface area contributed by atoms with Crippen molar-refractivity contribution in [1.82, 2.24) is 0 Å². The molecule has 0 amide bonds. The summed E-state index contributed by atoms with van der Waals surface area (Å²) in [6.07, 6.45) is 11.0. The van der Waals surface area contributed by atoms with Crippen molar-refractivity contribution in [3.05, 3.63) is 49.6 Å². The molecule has 0 aliphatic carbocycles. The Balaban J connectivity index is 3.51. The van der Waals surface area contributed by atoms with Gasteiger partial charge in [0.25, 0.3) is 0 Å². The summed E-state index contributed by atoms with van der Waals surface area (Å²) in [6, 6.07) is 0. The molecule has 140 valence electrons. The van der Waals surface area contributed by atoms with Crippen LogP contribution in [0.3, 0.4) is 0 Å². The first kappa shape index (κ1) is 22.9. The standard InChI is InChI=1S/C21H32O4/c1-5-20(22)24-15-11-7-9-13-18(3)17-19(4)14-10-8-12-16-25-21(23)6-2/h5-6H,1-4,7-17H2. The number of rotatable bonds is 16. The van der Waals surface area contributed by atoms with Crippen LogP contribution in [0.5, 0.6) is 0 Å². The second kappa shape index (κ2) is 15.4. The third kappa shape index (κ3) is 15.2. The van der Waals surface area contributed by atoms with Gasteiger partial charge in [-0.1, -0.05) is 37.5 Å². The minimum absolute atomic E-state index is 0.362. The van der Waals surface area contributed by atoms with Crippen molar-refractivity contribution in [3.8, 4) is 0 Å². The molecule has 25 heavy (non-hydrogen) atoms. The van der Waals surface area contributed by atoms with Crippen LogP contribution in [0.25, 0.3) is 0 Å². The van der Waals surface area contributed by atoms with Gasteiger partial charge in [0.15, 0.2) is 0 Å². The molecule has 0 aromatic heterocycles. The van der Waals surface area contributed by atoms with Crippen LogP contribution in [-0.2, 0) is 19.1 Å². The molecule has 0 aromatic rings. The van der Waals surface area contributed by atoms with Gasteiger partial charge in [-0.3, -0.25) is 0 Å². The number of hydrogen-bond donors (Lipinski definition) is 0. The largest absolute Gasteiger partial charge is 0.463 e. The molecule has 0 N–H and O–H groups in total. The number of unbranched alkanes of at least 4 members (excludes halogenated alkanes) is 4. The molecule has 0 bridgehead atoms. The van der Waals surface area contributed by atoms with E-state index in [9.17, 15) is 9.59 Å². The highest BCUT2D eigenvalue weighted by Crippen LogP contribution is 2.19. The minimum atomic E-state index is -0.362. The predicted octanol–water partition coefficient (Wildman–Crippen LogP) is 5.07. The van der Waals surface area contributed by atoms with Gasteiger partial charge in [-0.15, -0.1) is 0 Å². The maximum absolute atomic E-state index is 10.9. The summed E-state index contributed by atoms with van der Waals surface area (Å²) in [5.74, 6) is -0.723. The molecule has 0 radical (unpaired) electrons. The van der Waals surface area contributed by atoms with E-state index < -0.39 is 0 Å². The summed E-state index contributed by atoms with van der Waals surface area (Å²) in [5, 5.41) is 0. The predicted molar refractivity (Wildman–Crippen MR) is 102 cm³/mol. The van der Waals surface area contributed by atoms with Crippen molar-refractivity contribution in [1.29, 1.82) is 0 Å². The topological polar surface area (TPSA) is 52.6 Å². The van der Waals surface area contributed by atoms with Crippen LogP contribution in [0, 0.1) is 0 Å². The lowest BCUT2D eigenvalue weighted by Gasteiger charge is -2.09. The molecule has 4 nitrogen and oxygen atoms in total. The Morgan fingerprint density at radius 3 is 1.44 bits per heavy atom. The van der Waals surface area contributed by atoms with E-state index in [1.54, 1.807) is 0 Å². The average Bonchev–Trinajstić information content (AvgIpc) is 2.60. The molecule has 0 rings (SSSR count). The van der Waals surface area contributed by atoms with Crippen LogP contribution < -0.4 is 0 Å². The van der Waals surface area contributed by atoms with Gasteiger partial charge in [0, 0.05) is 12.2 Å². The van der Waals surface area contributed by atoms with E-state index in [0.29, 0.717) is 13.2 Å². The average molecular weight is 348 g/mol. The number of esters is 2. The lowest BCUT2D eigenvalue weighted by molar-refractivity contribution is -0.138. The Morgan fingerprint density at radius 2 is 1.08 bits per heavy atom. The molecular weight excluding hydrogens is 316 g/mol. The smallest absolute Gasteiger partial charge is 0.330 e. The SMILES string of the molecule is C=CC(=O)OCCCCCC(=C)CC(=C)CCCCCOC(=O)C=C. The van der Waals surface area contributed by atoms with Crippen LogP contribution >= 0.6 is 0 Å². The number of carbonyl (C=O) groups is 2. The number of hydrogen-bond acceptors (Lipinski definition) is 4. The molecule has 0 atom stereocenters. The molecule has 0 heterocycles. The number of carbonyl (C=O) groups excluding carboxylic acids is 2. The van der Waals surface area contributed by atoms with Gasteiger partial charge in [0.1, 0.15) is 0 Å². The van der Waals surface area contributed by atoms with E-state index in [1.165, 1.54) is 23.3 Å². The lowest BCUT2D eigenvalue weighted by atomic mass is 9.98. The van der Waals surface area contributed by atoms with E-state index in [-0.39, 0.29) is 11.9 Å². The van der Waals surface area contributed by atoms with Crippen molar-refractivity contribution < 1.29 is 19.1 Å². The summed E-state index contributed by atoms with van der Waals surface area (Å²) < 4.78 is 9.86. The zero-order valence-corrected chi connectivity index (χ0v) is 15.4. The first-order chi connectivity index (χ1) is 12.0. The molecular formula is C21H32O4. The maximum atomic E-state index is 10.9. The summed E-state index contributed by atoms with van der Waals surface area (Å²) in [4.78, 5) is 21.7. The molecule has 0 aromatic carbocycles. The lowest BCUT2D eigenvalue weighted by Crippen LogP contribution is -2.01. The number of allylic oxidation sites excluding steroid dienone is 2. The molecule has 0 saturated carbocycles. The van der Waals surface area contributed by atoms with Crippen molar-refractivity contribution in [2.45, 2.75) is 57.8 Å². The van der Waals surface area contributed by atoms with Crippen LogP contribution in [0.2, 0.25) is 0 Å². The highest BCUT2D eigenvalue weighted by molar-refractivity contribution is 5.81. The Bertz CT molecular complexity index is 421. The Hall–Kier alpha value is -2.10. The van der Waals surface area contributed by atoms with Crippen LogP contribution in [0.1, 0.15) is 57.8 Å². The molecule has 0 aliphatic rings. The van der Waals surface area contributed by atoms with Gasteiger partial charge in [-0.2, -0.15) is 0 Å². The normalized spacial score (nSPS) is 9.92. The minimum Gasteiger partial charge on any atom is -0.463 e. The summed E-state index contributed by atoms with van der Waals surface area (Å²) >= 11 is 0. The van der Waals surface area contributed by atoms with Gasteiger partial charge in [-0.05, 0) is 57.8 Å².